The van der Waals surface area contributed by atoms with Crippen LogP contribution in [0.25, 0.3) is 0 Å². The summed E-state index contributed by atoms with van der Waals surface area (Å²) in [4.78, 5) is 12.0. The van der Waals surface area contributed by atoms with Crippen LogP contribution < -0.4 is 15.8 Å². The van der Waals surface area contributed by atoms with E-state index in [-0.39, 0.29) is 22.6 Å². The number of ether oxygens (including phenoxy) is 1. The Bertz CT molecular complexity index is 602. The number of amides is 1. The van der Waals surface area contributed by atoms with Crippen LogP contribution in [0, 0.1) is 0 Å². The Morgan fingerprint density at radius 1 is 1.45 bits per heavy atom. The number of rotatable bonds is 4. The number of carbonyl (C=O) groups excluding carboxylic acids is 1. The fourth-order valence-corrected chi connectivity index (χ4v) is 2.81. The van der Waals surface area contributed by atoms with Crippen molar-refractivity contribution in [1.29, 1.82) is 0 Å². The molecule has 1 amide bonds. The highest BCUT2D eigenvalue weighted by Crippen LogP contribution is 2.20. The highest BCUT2D eigenvalue weighted by Gasteiger charge is 2.30. The number of nitrogens with one attached hydrogen (secondary N) is 2. The number of hydrogen-bond donors (Lipinski definition) is 3. The molecule has 2 atom stereocenters. The molecule has 8 heteroatoms. The Balaban J connectivity index is 2.13. The number of sulfonamides is 1. The topological polar surface area (TPSA) is 111 Å². The lowest BCUT2D eigenvalue weighted by Crippen LogP contribution is -2.36. The second-order valence-electron chi connectivity index (χ2n) is 4.58. The van der Waals surface area contributed by atoms with E-state index in [0.29, 0.717) is 13.0 Å². The first-order chi connectivity index (χ1) is 9.41. The number of methoxy groups -OCH3 is 1. The van der Waals surface area contributed by atoms with E-state index in [1.165, 1.54) is 12.1 Å². The minimum absolute atomic E-state index is 0.0146. The summed E-state index contributed by atoms with van der Waals surface area (Å²) in [6, 6.07) is 5.62. The van der Waals surface area contributed by atoms with Crippen molar-refractivity contribution in [2.45, 2.75) is 23.5 Å². The van der Waals surface area contributed by atoms with E-state index in [1.54, 1.807) is 19.2 Å². The van der Waals surface area contributed by atoms with Crippen LogP contribution in [0.2, 0.25) is 0 Å². The van der Waals surface area contributed by atoms with Crippen molar-refractivity contribution < 1.29 is 17.9 Å². The standard InChI is InChI=1S/C12H17N3O4S/c1-19-8-6-10(14-7-8)12(16)15-9-4-2-3-5-11(9)20(13,17)18/h2-5,8,10,14H,6-7H2,1H3,(H,15,16)(H2,13,17,18). The monoisotopic (exact) mass is 299 g/mol. The molecule has 1 aliphatic heterocycles. The van der Waals surface area contributed by atoms with Crippen molar-refractivity contribution in [2.24, 2.45) is 5.14 Å². The van der Waals surface area contributed by atoms with E-state index in [2.05, 4.69) is 10.6 Å². The van der Waals surface area contributed by atoms with Crippen LogP contribution in [0.4, 0.5) is 5.69 Å². The molecule has 1 aromatic rings. The van der Waals surface area contributed by atoms with E-state index in [0.717, 1.165) is 0 Å². The number of primary sulfonamides is 1. The largest absolute Gasteiger partial charge is 0.380 e. The van der Waals surface area contributed by atoms with Gasteiger partial charge in [0.15, 0.2) is 0 Å². The van der Waals surface area contributed by atoms with Gasteiger partial charge < -0.3 is 15.4 Å². The van der Waals surface area contributed by atoms with E-state index >= 15 is 0 Å². The molecule has 0 bridgehead atoms. The van der Waals surface area contributed by atoms with Crippen LogP contribution in [0.5, 0.6) is 0 Å². The highest BCUT2D eigenvalue weighted by molar-refractivity contribution is 7.89. The van der Waals surface area contributed by atoms with Gasteiger partial charge in [-0.1, -0.05) is 12.1 Å². The van der Waals surface area contributed by atoms with Crippen LogP contribution in [-0.4, -0.2) is 40.1 Å². The average molecular weight is 299 g/mol. The molecule has 7 nitrogen and oxygen atoms in total. The zero-order chi connectivity index (χ0) is 14.8. The van der Waals surface area contributed by atoms with Gasteiger partial charge in [0.1, 0.15) is 4.90 Å². The maximum Gasteiger partial charge on any atom is 0.241 e. The molecule has 0 radical (unpaired) electrons. The molecule has 0 aliphatic carbocycles. The summed E-state index contributed by atoms with van der Waals surface area (Å²) in [5.41, 5.74) is 0.183. The molecule has 0 saturated carbocycles. The normalized spacial score (nSPS) is 22.7. The van der Waals surface area contributed by atoms with Gasteiger partial charge in [-0.3, -0.25) is 4.79 Å². The van der Waals surface area contributed by atoms with Crippen LogP contribution in [0.1, 0.15) is 6.42 Å². The second kappa shape index (κ2) is 5.88. The molecule has 0 spiro atoms. The first kappa shape index (κ1) is 14.9. The SMILES string of the molecule is COC1CNC(C(=O)Nc2ccccc2S(N)(=O)=O)C1. The lowest BCUT2D eigenvalue weighted by Gasteiger charge is -2.13. The maximum atomic E-state index is 12.1. The molecule has 1 saturated heterocycles. The quantitative estimate of drug-likeness (QED) is 0.704. The molecule has 0 aromatic heterocycles. The highest BCUT2D eigenvalue weighted by atomic mass is 32.2. The molecule has 2 unspecified atom stereocenters. The third-order valence-corrected chi connectivity index (χ3v) is 4.16. The first-order valence-corrected chi connectivity index (χ1v) is 7.65. The van der Waals surface area contributed by atoms with Gasteiger partial charge in [0.05, 0.1) is 17.8 Å². The van der Waals surface area contributed by atoms with Crippen molar-refractivity contribution in [2.75, 3.05) is 19.0 Å². The zero-order valence-electron chi connectivity index (χ0n) is 11.0. The minimum atomic E-state index is -3.88. The van der Waals surface area contributed by atoms with Gasteiger partial charge >= 0.3 is 0 Å². The number of anilines is 1. The van der Waals surface area contributed by atoms with Gasteiger partial charge in [-0.05, 0) is 18.6 Å². The average Bonchev–Trinajstić information content (AvgIpc) is 2.87. The number of benzene rings is 1. The Morgan fingerprint density at radius 2 is 2.15 bits per heavy atom. The van der Waals surface area contributed by atoms with Crippen LogP contribution in [0.3, 0.4) is 0 Å². The fraction of sp³-hybridized carbons (Fsp3) is 0.417. The van der Waals surface area contributed by atoms with Gasteiger partial charge in [0, 0.05) is 13.7 Å². The third-order valence-electron chi connectivity index (χ3n) is 3.19. The first-order valence-electron chi connectivity index (χ1n) is 6.10. The van der Waals surface area contributed by atoms with Gasteiger partial charge in [-0.15, -0.1) is 0 Å². The van der Waals surface area contributed by atoms with Crippen molar-refractivity contribution in [1.82, 2.24) is 5.32 Å². The predicted molar refractivity (Wildman–Crippen MR) is 73.6 cm³/mol. The van der Waals surface area contributed by atoms with Crippen molar-refractivity contribution in [3.8, 4) is 0 Å². The molecule has 4 N–H and O–H groups in total. The Hall–Kier alpha value is -1.48. The number of carbonyl (C=O) groups is 1. The van der Waals surface area contributed by atoms with Gasteiger partial charge in [-0.25, -0.2) is 13.6 Å². The molecule has 1 aromatic carbocycles. The van der Waals surface area contributed by atoms with Crippen molar-refractivity contribution in [3.63, 3.8) is 0 Å². The summed E-state index contributed by atoms with van der Waals surface area (Å²) >= 11 is 0. The fourth-order valence-electron chi connectivity index (χ4n) is 2.12. The number of hydrogen-bond acceptors (Lipinski definition) is 5. The minimum Gasteiger partial charge on any atom is -0.380 e. The van der Waals surface area contributed by atoms with Crippen LogP contribution >= 0.6 is 0 Å². The summed E-state index contributed by atoms with van der Waals surface area (Å²) in [6.07, 6.45) is 0.527. The lowest BCUT2D eigenvalue weighted by atomic mass is 10.2. The smallest absolute Gasteiger partial charge is 0.241 e. The molecule has 20 heavy (non-hydrogen) atoms. The molecular weight excluding hydrogens is 282 g/mol. The van der Waals surface area contributed by atoms with Crippen molar-refractivity contribution >= 4 is 21.6 Å². The lowest BCUT2D eigenvalue weighted by molar-refractivity contribution is -0.118. The molecule has 110 valence electrons. The van der Waals surface area contributed by atoms with E-state index < -0.39 is 16.1 Å². The maximum absolute atomic E-state index is 12.1. The summed E-state index contributed by atoms with van der Waals surface area (Å²) < 4.78 is 28.1. The molecule has 1 fully saturated rings. The summed E-state index contributed by atoms with van der Waals surface area (Å²) in [5, 5.41) is 10.7. The number of para-hydroxylation sites is 1. The van der Waals surface area contributed by atoms with E-state index in [1.807, 2.05) is 0 Å². The Kier molecular flexibility index (Phi) is 4.39. The van der Waals surface area contributed by atoms with E-state index in [9.17, 15) is 13.2 Å². The summed E-state index contributed by atoms with van der Waals surface area (Å²) in [6.45, 7) is 0.589. The number of nitrogens with two attached hydrogens (primary N) is 1. The predicted octanol–water partition coefficient (Wildman–Crippen LogP) is -0.351. The van der Waals surface area contributed by atoms with Gasteiger partial charge in [-0.2, -0.15) is 0 Å². The van der Waals surface area contributed by atoms with Crippen molar-refractivity contribution in [3.05, 3.63) is 24.3 Å². The van der Waals surface area contributed by atoms with E-state index in [4.69, 9.17) is 9.88 Å². The van der Waals surface area contributed by atoms with Crippen LogP contribution in [-0.2, 0) is 19.6 Å². The Morgan fingerprint density at radius 3 is 2.75 bits per heavy atom. The Labute approximate surface area is 117 Å². The third kappa shape index (κ3) is 3.34. The summed E-state index contributed by atoms with van der Waals surface area (Å²) in [7, 11) is -2.29. The van der Waals surface area contributed by atoms with Gasteiger partial charge in [0.2, 0.25) is 15.9 Å². The molecule has 2 rings (SSSR count). The molecule has 1 aliphatic rings. The zero-order valence-corrected chi connectivity index (χ0v) is 11.8. The second-order valence-corrected chi connectivity index (χ2v) is 6.11. The molecular formula is C12H17N3O4S. The molecule has 1 heterocycles. The van der Waals surface area contributed by atoms with Crippen LogP contribution in [0.15, 0.2) is 29.2 Å². The van der Waals surface area contributed by atoms with Gasteiger partial charge in [0.25, 0.3) is 0 Å². The summed E-state index contributed by atoms with van der Waals surface area (Å²) in [5.74, 6) is -0.305.